The largest absolute Gasteiger partial charge is 0.354 e. The molecule has 0 saturated carbocycles. The second-order valence-electron chi connectivity index (χ2n) is 4.91. The molecule has 1 aliphatic rings. The van der Waals surface area contributed by atoms with Gasteiger partial charge in [0.2, 0.25) is 5.91 Å². The smallest absolute Gasteiger partial charge is 0.272 e. The van der Waals surface area contributed by atoms with E-state index < -0.39 is 6.04 Å². The highest BCUT2D eigenvalue weighted by Gasteiger charge is 2.23. The lowest BCUT2D eigenvalue weighted by Crippen LogP contribution is -2.45. The maximum atomic E-state index is 12.2. The molecule has 2 amide bonds. The Balaban J connectivity index is 1.76. The van der Waals surface area contributed by atoms with Crippen molar-refractivity contribution in [2.45, 2.75) is 25.3 Å². The number of fused-ring (bicyclic) bond motifs is 1. The summed E-state index contributed by atoms with van der Waals surface area (Å²) in [6.45, 7) is 0.680. The van der Waals surface area contributed by atoms with Crippen LogP contribution in [0.1, 0.15) is 29.8 Å². The molecule has 3 rings (SSSR count). The van der Waals surface area contributed by atoms with Gasteiger partial charge >= 0.3 is 0 Å². The van der Waals surface area contributed by atoms with Crippen molar-refractivity contribution < 1.29 is 9.59 Å². The van der Waals surface area contributed by atoms with Gasteiger partial charge in [0.25, 0.3) is 5.91 Å². The molecule has 1 saturated heterocycles. The lowest BCUT2D eigenvalue weighted by atomic mass is 10.1. The molecule has 0 aromatic carbocycles. The summed E-state index contributed by atoms with van der Waals surface area (Å²) in [5, 5.41) is 5.56. The second-order valence-corrected chi connectivity index (χ2v) is 4.91. The van der Waals surface area contributed by atoms with E-state index in [1.54, 1.807) is 10.6 Å². The molecule has 0 aliphatic carbocycles. The SMILES string of the molecule is O=C(NC1CCCCNC1=O)c1cn2ccccc2n1. The Bertz CT molecular complexity index is 616. The summed E-state index contributed by atoms with van der Waals surface area (Å²) >= 11 is 0. The van der Waals surface area contributed by atoms with Crippen molar-refractivity contribution >= 4 is 17.5 Å². The molecule has 1 unspecified atom stereocenters. The van der Waals surface area contributed by atoms with Crippen LogP contribution in [0.5, 0.6) is 0 Å². The Morgan fingerprint density at radius 2 is 2.30 bits per heavy atom. The molecule has 2 N–H and O–H groups in total. The Kier molecular flexibility index (Phi) is 3.37. The summed E-state index contributed by atoms with van der Waals surface area (Å²) in [4.78, 5) is 28.2. The number of hydrogen-bond donors (Lipinski definition) is 2. The first-order valence-corrected chi connectivity index (χ1v) is 6.76. The first-order valence-electron chi connectivity index (χ1n) is 6.76. The molecule has 1 fully saturated rings. The Morgan fingerprint density at radius 3 is 3.15 bits per heavy atom. The molecule has 1 atom stereocenters. The highest BCUT2D eigenvalue weighted by atomic mass is 16.2. The third kappa shape index (κ3) is 2.49. The van der Waals surface area contributed by atoms with Crippen LogP contribution in [-0.2, 0) is 4.79 Å². The van der Waals surface area contributed by atoms with E-state index >= 15 is 0 Å². The van der Waals surface area contributed by atoms with Crippen LogP contribution in [0, 0.1) is 0 Å². The predicted molar refractivity (Wildman–Crippen MR) is 73.3 cm³/mol. The standard InChI is InChI=1S/C14H16N4O2/c19-13-10(5-1-3-7-15-13)17-14(20)11-9-18-8-4-2-6-12(18)16-11/h2,4,6,8-10H,1,3,5,7H2,(H,15,19)(H,17,20). The first kappa shape index (κ1) is 12.7. The number of nitrogens with one attached hydrogen (secondary N) is 2. The van der Waals surface area contributed by atoms with Crippen molar-refractivity contribution in [3.05, 3.63) is 36.3 Å². The minimum absolute atomic E-state index is 0.111. The fourth-order valence-corrected chi connectivity index (χ4v) is 2.35. The molecule has 0 radical (unpaired) electrons. The number of pyridine rings is 1. The summed E-state index contributed by atoms with van der Waals surface area (Å²) in [5.41, 5.74) is 1.04. The molecule has 2 aromatic heterocycles. The van der Waals surface area contributed by atoms with Crippen LogP contribution < -0.4 is 10.6 Å². The second kappa shape index (κ2) is 5.32. The average Bonchev–Trinajstić information content (AvgIpc) is 2.79. The van der Waals surface area contributed by atoms with Gasteiger partial charge in [0.1, 0.15) is 17.4 Å². The summed E-state index contributed by atoms with van der Waals surface area (Å²) < 4.78 is 1.78. The topological polar surface area (TPSA) is 75.5 Å². The van der Waals surface area contributed by atoms with Crippen molar-refractivity contribution in [3.63, 3.8) is 0 Å². The van der Waals surface area contributed by atoms with Gasteiger partial charge in [0, 0.05) is 18.9 Å². The van der Waals surface area contributed by atoms with Crippen LogP contribution in [0.25, 0.3) is 5.65 Å². The van der Waals surface area contributed by atoms with Crippen LogP contribution in [0.15, 0.2) is 30.6 Å². The zero-order valence-electron chi connectivity index (χ0n) is 11.0. The molecule has 104 valence electrons. The van der Waals surface area contributed by atoms with E-state index in [4.69, 9.17) is 0 Å². The van der Waals surface area contributed by atoms with E-state index in [9.17, 15) is 9.59 Å². The maximum Gasteiger partial charge on any atom is 0.272 e. The van der Waals surface area contributed by atoms with Gasteiger partial charge in [-0.1, -0.05) is 6.07 Å². The fraction of sp³-hybridized carbons (Fsp3) is 0.357. The van der Waals surface area contributed by atoms with Gasteiger partial charge in [-0.3, -0.25) is 9.59 Å². The van der Waals surface area contributed by atoms with E-state index in [1.807, 2.05) is 24.4 Å². The van der Waals surface area contributed by atoms with Crippen molar-refractivity contribution in [3.8, 4) is 0 Å². The van der Waals surface area contributed by atoms with E-state index in [-0.39, 0.29) is 11.8 Å². The third-order valence-corrected chi connectivity index (χ3v) is 3.44. The number of carbonyl (C=O) groups is 2. The zero-order valence-corrected chi connectivity index (χ0v) is 11.0. The number of amides is 2. The Morgan fingerprint density at radius 1 is 1.40 bits per heavy atom. The molecule has 0 spiro atoms. The van der Waals surface area contributed by atoms with Gasteiger partial charge in [-0.15, -0.1) is 0 Å². The highest BCUT2D eigenvalue weighted by Crippen LogP contribution is 2.08. The zero-order chi connectivity index (χ0) is 13.9. The van der Waals surface area contributed by atoms with Crippen molar-refractivity contribution in [2.75, 3.05) is 6.54 Å². The van der Waals surface area contributed by atoms with E-state index in [2.05, 4.69) is 15.6 Å². The van der Waals surface area contributed by atoms with Crippen LogP contribution in [0.4, 0.5) is 0 Å². The molecule has 6 heteroatoms. The quantitative estimate of drug-likeness (QED) is 0.846. The maximum absolute atomic E-state index is 12.2. The third-order valence-electron chi connectivity index (χ3n) is 3.44. The number of carbonyl (C=O) groups excluding carboxylic acids is 2. The van der Waals surface area contributed by atoms with Crippen LogP contribution in [-0.4, -0.2) is 33.8 Å². The van der Waals surface area contributed by atoms with Gasteiger partial charge in [-0.25, -0.2) is 4.98 Å². The Hall–Kier alpha value is -2.37. The number of rotatable bonds is 2. The molecule has 2 aromatic rings. The Labute approximate surface area is 116 Å². The number of imidazole rings is 1. The molecule has 0 bridgehead atoms. The molecular formula is C14H16N4O2. The van der Waals surface area contributed by atoms with Gasteiger partial charge in [-0.2, -0.15) is 0 Å². The fourth-order valence-electron chi connectivity index (χ4n) is 2.35. The lowest BCUT2D eigenvalue weighted by molar-refractivity contribution is -0.122. The molecule has 1 aliphatic heterocycles. The minimum Gasteiger partial charge on any atom is -0.354 e. The van der Waals surface area contributed by atoms with Crippen molar-refractivity contribution in [1.29, 1.82) is 0 Å². The predicted octanol–water partition coefficient (Wildman–Crippen LogP) is 0.733. The van der Waals surface area contributed by atoms with E-state index in [1.165, 1.54) is 0 Å². The van der Waals surface area contributed by atoms with Gasteiger partial charge < -0.3 is 15.0 Å². The monoisotopic (exact) mass is 272 g/mol. The lowest BCUT2D eigenvalue weighted by Gasteiger charge is -2.13. The summed E-state index contributed by atoms with van der Waals surface area (Å²) in [5.74, 6) is -0.421. The molecular weight excluding hydrogens is 256 g/mol. The first-order chi connectivity index (χ1) is 9.74. The van der Waals surface area contributed by atoms with E-state index in [0.29, 0.717) is 24.3 Å². The van der Waals surface area contributed by atoms with Crippen LogP contribution in [0.2, 0.25) is 0 Å². The normalized spacial score (nSPS) is 19.4. The van der Waals surface area contributed by atoms with Crippen molar-refractivity contribution in [1.82, 2.24) is 20.0 Å². The summed E-state index contributed by atoms with van der Waals surface area (Å²) in [6.07, 6.45) is 6.04. The molecule has 3 heterocycles. The van der Waals surface area contributed by atoms with Gasteiger partial charge in [0.15, 0.2) is 0 Å². The molecule has 6 nitrogen and oxygen atoms in total. The van der Waals surface area contributed by atoms with Gasteiger partial charge in [0.05, 0.1) is 0 Å². The number of nitrogens with zero attached hydrogens (tertiary/aromatic N) is 2. The van der Waals surface area contributed by atoms with Crippen LogP contribution in [0.3, 0.4) is 0 Å². The number of hydrogen-bond acceptors (Lipinski definition) is 3. The number of aromatic nitrogens is 2. The minimum atomic E-state index is -0.463. The van der Waals surface area contributed by atoms with E-state index in [0.717, 1.165) is 12.8 Å². The summed E-state index contributed by atoms with van der Waals surface area (Å²) in [7, 11) is 0. The molecule has 20 heavy (non-hydrogen) atoms. The van der Waals surface area contributed by atoms with Crippen molar-refractivity contribution in [2.24, 2.45) is 0 Å². The highest BCUT2D eigenvalue weighted by molar-refractivity contribution is 5.96. The summed E-state index contributed by atoms with van der Waals surface area (Å²) in [6, 6.07) is 5.10. The van der Waals surface area contributed by atoms with Crippen LogP contribution >= 0.6 is 0 Å². The average molecular weight is 272 g/mol. The van der Waals surface area contributed by atoms with Gasteiger partial charge in [-0.05, 0) is 31.4 Å².